The number of nitrogens with zero attached hydrogens (tertiary/aromatic N) is 1. The van der Waals surface area contributed by atoms with Crippen LogP contribution in [-0.4, -0.2) is 30.1 Å². The molecule has 0 radical (unpaired) electrons. The molecule has 3 atom stereocenters. The molecule has 0 saturated carbocycles. The Balaban J connectivity index is 1.71. The highest BCUT2D eigenvalue weighted by Gasteiger charge is 2.42. The average Bonchev–Trinajstić information content (AvgIpc) is 3.01. The van der Waals surface area contributed by atoms with Crippen LogP contribution in [-0.2, 0) is 4.79 Å². The van der Waals surface area contributed by atoms with Crippen LogP contribution in [0.5, 0.6) is 5.88 Å². The van der Waals surface area contributed by atoms with Crippen molar-refractivity contribution in [2.45, 2.75) is 31.3 Å². The molecule has 1 aromatic rings. The standard InChI is InChI=1S/C13H17N3O2/c1-18-13-11(3-2-6-14-13)16-12(17)9-7-8-4-5-10(9)15-8/h2-3,6,8-10,15H,4-5,7H2,1H3,(H,16,17). The van der Waals surface area contributed by atoms with Gasteiger partial charge in [0.25, 0.3) is 0 Å². The van der Waals surface area contributed by atoms with Crippen molar-refractivity contribution in [3.05, 3.63) is 18.3 Å². The van der Waals surface area contributed by atoms with Gasteiger partial charge in [-0.25, -0.2) is 4.98 Å². The van der Waals surface area contributed by atoms with Crippen molar-refractivity contribution in [1.29, 1.82) is 0 Å². The molecular weight excluding hydrogens is 230 g/mol. The van der Waals surface area contributed by atoms with Crippen LogP contribution in [0.25, 0.3) is 0 Å². The van der Waals surface area contributed by atoms with Crippen LogP contribution in [0.3, 0.4) is 0 Å². The van der Waals surface area contributed by atoms with Crippen LogP contribution in [0.2, 0.25) is 0 Å². The Bertz CT molecular complexity index is 463. The number of fused-ring (bicyclic) bond motifs is 2. The first-order chi connectivity index (χ1) is 8.78. The van der Waals surface area contributed by atoms with Crippen LogP contribution < -0.4 is 15.4 Å². The molecule has 0 spiro atoms. The molecule has 5 nitrogen and oxygen atoms in total. The fraction of sp³-hybridized carbons (Fsp3) is 0.538. The highest BCUT2D eigenvalue weighted by Crippen LogP contribution is 2.34. The summed E-state index contributed by atoms with van der Waals surface area (Å²) in [5.41, 5.74) is 0.646. The van der Waals surface area contributed by atoms with E-state index in [1.807, 2.05) is 6.07 Å². The lowest BCUT2D eigenvalue weighted by molar-refractivity contribution is -0.120. The summed E-state index contributed by atoms with van der Waals surface area (Å²) >= 11 is 0. The number of rotatable bonds is 3. The lowest BCUT2D eigenvalue weighted by atomic mass is 9.88. The minimum absolute atomic E-state index is 0.0704. The molecule has 3 unspecified atom stereocenters. The number of ether oxygens (including phenoxy) is 1. The molecule has 2 N–H and O–H groups in total. The van der Waals surface area contributed by atoms with E-state index in [-0.39, 0.29) is 11.8 Å². The van der Waals surface area contributed by atoms with Gasteiger partial charge in [-0.1, -0.05) is 0 Å². The Morgan fingerprint density at radius 2 is 2.44 bits per heavy atom. The van der Waals surface area contributed by atoms with Crippen molar-refractivity contribution in [2.75, 3.05) is 12.4 Å². The number of nitrogens with one attached hydrogen (secondary N) is 2. The van der Waals surface area contributed by atoms with Gasteiger partial charge < -0.3 is 15.4 Å². The van der Waals surface area contributed by atoms with Crippen molar-refractivity contribution in [3.63, 3.8) is 0 Å². The lowest BCUT2D eigenvalue weighted by Gasteiger charge is -2.19. The molecule has 3 heterocycles. The van der Waals surface area contributed by atoms with Crippen molar-refractivity contribution >= 4 is 11.6 Å². The highest BCUT2D eigenvalue weighted by atomic mass is 16.5. The summed E-state index contributed by atoms with van der Waals surface area (Å²) < 4.78 is 5.13. The van der Waals surface area contributed by atoms with E-state index in [2.05, 4.69) is 15.6 Å². The number of hydrogen-bond donors (Lipinski definition) is 2. The molecule has 0 aromatic carbocycles. The van der Waals surface area contributed by atoms with Crippen LogP contribution in [0, 0.1) is 5.92 Å². The summed E-state index contributed by atoms with van der Waals surface area (Å²) in [5, 5.41) is 6.39. The summed E-state index contributed by atoms with van der Waals surface area (Å²) in [6.45, 7) is 0. The minimum Gasteiger partial charge on any atom is -0.480 e. The van der Waals surface area contributed by atoms with E-state index < -0.39 is 0 Å². The number of carbonyl (C=O) groups is 1. The Kier molecular flexibility index (Phi) is 2.91. The largest absolute Gasteiger partial charge is 0.480 e. The van der Waals surface area contributed by atoms with Crippen LogP contribution in [0.4, 0.5) is 5.69 Å². The third-order valence-electron chi connectivity index (χ3n) is 3.86. The molecule has 0 aliphatic carbocycles. The summed E-state index contributed by atoms with van der Waals surface area (Å²) in [6.07, 6.45) is 4.89. The Hall–Kier alpha value is -1.62. The zero-order valence-corrected chi connectivity index (χ0v) is 10.3. The first-order valence-electron chi connectivity index (χ1n) is 6.34. The second kappa shape index (κ2) is 4.57. The van der Waals surface area contributed by atoms with Crippen molar-refractivity contribution in [1.82, 2.24) is 10.3 Å². The molecule has 2 bridgehead atoms. The van der Waals surface area contributed by atoms with Gasteiger partial charge in [-0.15, -0.1) is 0 Å². The summed E-state index contributed by atoms with van der Waals surface area (Å²) in [4.78, 5) is 16.3. The first kappa shape index (κ1) is 11.5. The number of amides is 1. The van der Waals surface area contributed by atoms with Gasteiger partial charge in [0.2, 0.25) is 11.8 Å². The smallest absolute Gasteiger partial charge is 0.237 e. The summed E-state index contributed by atoms with van der Waals surface area (Å²) in [7, 11) is 1.55. The minimum atomic E-state index is 0.0704. The van der Waals surface area contributed by atoms with Gasteiger partial charge >= 0.3 is 0 Å². The third-order valence-corrected chi connectivity index (χ3v) is 3.86. The van der Waals surface area contributed by atoms with Gasteiger partial charge in [0.15, 0.2) is 0 Å². The first-order valence-corrected chi connectivity index (χ1v) is 6.34. The number of aromatic nitrogens is 1. The predicted octanol–water partition coefficient (Wildman–Crippen LogP) is 1.17. The van der Waals surface area contributed by atoms with Gasteiger partial charge in [0, 0.05) is 18.3 Å². The summed E-state index contributed by atoms with van der Waals surface area (Å²) in [6, 6.07) is 4.47. The van der Waals surface area contributed by atoms with Gasteiger partial charge in [0.1, 0.15) is 5.69 Å². The third kappa shape index (κ3) is 1.95. The lowest BCUT2D eigenvalue weighted by Crippen LogP contribution is -2.32. The second-order valence-electron chi connectivity index (χ2n) is 4.94. The van der Waals surface area contributed by atoms with Crippen molar-refractivity contribution < 1.29 is 9.53 Å². The zero-order valence-electron chi connectivity index (χ0n) is 10.3. The highest BCUT2D eigenvalue weighted by molar-refractivity contribution is 5.94. The SMILES string of the molecule is COc1ncccc1NC(=O)C1CC2CCC1N2. The Morgan fingerprint density at radius 1 is 1.56 bits per heavy atom. The van der Waals surface area contributed by atoms with Gasteiger partial charge in [-0.3, -0.25) is 4.79 Å². The molecular formula is C13H17N3O2. The van der Waals surface area contributed by atoms with E-state index in [0.29, 0.717) is 23.7 Å². The maximum atomic E-state index is 12.2. The second-order valence-corrected chi connectivity index (χ2v) is 4.94. The van der Waals surface area contributed by atoms with Crippen molar-refractivity contribution in [3.8, 4) is 5.88 Å². The summed E-state index contributed by atoms with van der Waals surface area (Å²) in [5.74, 6) is 0.608. The molecule has 5 heteroatoms. The maximum Gasteiger partial charge on any atom is 0.237 e. The molecule has 2 aliphatic heterocycles. The molecule has 1 aromatic heterocycles. The number of methoxy groups -OCH3 is 1. The quantitative estimate of drug-likeness (QED) is 0.841. The maximum absolute atomic E-state index is 12.2. The Morgan fingerprint density at radius 3 is 3.11 bits per heavy atom. The fourth-order valence-electron chi connectivity index (χ4n) is 2.99. The Labute approximate surface area is 106 Å². The van der Waals surface area contributed by atoms with E-state index in [1.165, 1.54) is 6.42 Å². The number of hydrogen-bond acceptors (Lipinski definition) is 4. The van der Waals surface area contributed by atoms with Gasteiger partial charge in [-0.05, 0) is 31.4 Å². The molecule has 1 amide bonds. The molecule has 96 valence electrons. The van der Waals surface area contributed by atoms with Gasteiger partial charge in [0.05, 0.1) is 13.0 Å². The normalized spacial score (nSPS) is 29.3. The monoisotopic (exact) mass is 247 g/mol. The van der Waals surface area contributed by atoms with E-state index in [9.17, 15) is 4.79 Å². The molecule has 18 heavy (non-hydrogen) atoms. The number of carbonyl (C=O) groups excluding carboxylic acids is 1. The van der Waals surface area contributed by atoms with Crippen LogP contribution in [0.15, 0.2) is 18.3 Å². The van der Waals surface area contributed by atoms with Crippen LogP contribution >= 0.6 is 0 Å². The predicted molar refractivity (Wildman–Crippen MR) is 67.5 cm³/mol. The van der Waals surface area contributed by atoms with E-state index >= 15 is 0 Å². The van der Waals surface area contributed by atoms with Gasteiger partial charge in [-0.2, -0.15) is 0 Å². The zero-order chi connectivity index (χ0) is 12.5. The van der Waals surface area contributed by atoms with E-state index in [1.54, 1.807) is 19.4 Å². The fourth-order valence-corrected chi connectivity index (χ4v) is 2.99. The number of pyridine rings is 1. The number of anilines is 1. The topological polar surface area (TPSA) is 63.2 Å². The van der Waals surface area contributed by atoms with E-state index in [4.69, 9.17) is 4.74 Å². The van der Waals surface area contributed by atoms with E-state index in [0.717, 1.165) is 12.8 Å². The molecule has 2 saturated heterocycles. The molecule has 2 aliphatic rings. The van der Waals surface area contributed by atoms with Crippen LogP contribution in [0.1, 0.15) is 19.3 Å². The molecule has 3 rings (SSSR count). The van der Waals surface area contributed by atoms with Crippen molar-refractivity contribution in [2.24, 2.45) is 5.92 Å². The molecule has 2 fully saturated rings. The average molecular weight is 247 g/mol.